The average Bonchev–Trinajstić information content (AvgIpc) is 2.69. The van der Waals surface area contributed by atoms with Gasteiger partial charge in [-0.05, 0) is 37.4 Å². The molecule has 2 nitrogen and oxygen atoms in total. The predicted octanol–water partition coefficient (Wildman–Crippen LogP) is 2.62. The lowest BCUT2D eigenvalue weighted by Gasteiger charge is -2.13. The van der Waals surface area contributed by atoms with Gasteiger partial charge in [-0.3, -0.25) is 0 Å². The fraction of sp³-hybridized carbons (Fsp3) is 0.500. The summed E-state index contributed by atoms with van der Waals surface area (Å²) in [5.74, 6) is 2.85. The van der Waals surface area contributed by atoms with E-state index in [0.29, 0.717) is 5.92 Å². The molecule has 2 N–H and O–H groups in total. The van der Waals surface area contributed by atoms with Crippen molar-refractivity contribution in [2.45, 2.75) is 23.7 Å². The van der Waals surface area contributed by atoms with E-state index in [2.05, 4.69) is 18.2 Å². The Bertz CT molecular complexity index is 340. The van der Waals surface area contributed by atoms with Crippen LogP contribution in [0.15, 0.2) is 23.1 Å². The maximum atomic E-state index is 5.56. The molecule has 3 heteroatoms. The smallest absolute Gasteiger partial charge is 0.123 e. The lowest BCUT2D eigenvalue weighted by Crippen LogP contribution is -2.04. The molecule has 0 fully saturated rings. The van der Waals surface area contributed by atoms with Crippen LogP contribution in [0.2, 0.25) is 0 Å². The number of fused-ring (bicyclic) bond motifs is 1. The molecule has 1 unspecified atom stereocenters. The second-order valence-corrected chi connectivity index (χ2v) is 4.87. The molecule has 2 rings (SSSR count). The lowest BCUT2D eigenvalue weighted by atomic mass is 9.95. The van der Waals surface area contributed by atoms with E-state index in [-0.39, 0.29) is 0 Å². The van der Waals surface area contributed by atoms with Crippen LogP contribution in [-0.2, 0) is 0 Å². The van der Waals surface area contributed by atoms with Gasteiger partial charge in [0.2, 0.25) is 0 Å². The number of rotatable bonds is 4. The summed E-state index contributed by atoms with van der Waals surface area (Å²) in [6, 6.07) is 6.31. The van der Waals surface area contributed by atoms with Crippen molar-refractivity contribution in [3.63, 3.8) is 0 Å². The summed E-state index contributed by atoms with van der Waals surface area (Å²) in [7, 11) is 1.75. The molecule has 82 valence electrons. The topological polar surface area (TPSA) is 35.2 Å². The Morgan fingerprint density at radius 1 is 1.53 bits per heavy atom. The first-order chi connectivity index (χ1) is 7.36. The van der Waals surface area contributed by atoms with Crippen molar-refractivity contribution in [2.75, 3.05) is 19.4 Å². The molecule has 0 radical (unpaired) electrons. The van der Waals surface area contributed by atoms with Crippen molar-refractivity contribution in [1.29, 1.82) is 0 Å². The van der Waals surface area contributed by atoms with Crippen molar-refractivity contribution in [3.05, 3.63) is 23.8 Å². The Hall–Kier alpha value is -0.670. The van der Waals surface area contributed by atoms with Gasteiger partial charge >= 0.3 is 0 Å². The zero-order valence-electron chi connectivity index (χ0n) is 9.03. The third-order valence-corrected chi connectivity index (χ3v) is 4.09. The second kappa shape index (κ2) is 4.90. The number of thioether (sulfide) groups is 1. The van der Waals surface area contributed by atoms with E-state index in [0.717, 1.165) is 18.7 Å². The van der Waals surface area contributed by atoms with Crippen molar-refractivity contribution in [3.8, 4) is 5.75 Å². The normalized spacial score (nSPS) is 18.9. The Kier molecular flexibility index (Phi) is 3.54. The molecule has 0 saturated carbocycles. The summed E-state index contributed by atoms with van der Waals surface area (Å²) in [6.07, 6.45) is 2.28. The van der Waals surface area contributed by atoms with E-state index in [1.165, 1.54) is 22.6 Å². The summed E-state index contributed by atoms with van der Waals surface area (Å²) < 4.78 is 5.42. The maximum absolute atomic E-state index is 5.56. The zero-order chi connectivity index (χ0) is 10.7. The number of hydrogen-bond acceptors (Lipinski definition) is 3. The fourth-order valence-corrected chi connectivity index (χ4v) is 3.41. The predicted molar refractivity (Wildman–Crippen MR) is 64.7 cm³/mol. The van der Waals surface area contributed by atoms with Gasteiger partial charge in [0.15, 0.2) is 0 Å². The van der Waals surface area contributed by atoms with Crippen LogP contribution in [0.5, 0.6) is 5.75 Å². The van der Waals surface area contributed by atoms with E-state index in [1.807, 2.05) is 11.8 Å². The monoisotopic (exact) mass is 223 g/mol. The second-order valence-electron chi connectivity index (χ2n) is 3.81. The largest absolute Gasteiger partial charge is 0.496 e. The minimum Gasteiger partial charge on any atom is -0.496 e. The molecule has 1 atom stereocenters. The van der Waals surface area contributed by atoms with Gasteiger partial charge in [0.25, 0.3) is 0 Å². The molecule has 15 heavy (non-hydrogen) atoms. The molecule has 0 aliphatic carbocycles. The number of methoxy groups -OCH3 is 1. The van der Waals surface area contributed by atoms with Gasteiger partial charge in [-0.15, -0.1) is 11.8 Å². The van der Waals surface area contributed by atoms with Crippen LogP contribution in [0.1, 0.15) is 24.3 Å². The van der Waals surface area contributed by atoms with E-state index >= 15 is 0 Å². The van der Waals surface area contributed by atoms with Crippen LogP contribution in [0, 0.1) is 0 Å². The van der Waals surface area contributed by atoms with Gasteiger partial charge in [0, 0.05) is 16.2 Å². The number of benzene rings is 1. The maximum Gasteiger partial charge on any atom is 0.123 e. The molecule has 1 aromatic rings. The summed E-state index contributed by atoms with van der Waals surface area (Å²) in [4.78, 5) is 1.39. The molecule has 1 aliphatic heterocycles. The molecular formula is C12H17NOS. The number of hydrogen-bond donors (Lipinski definition) is 1. The SMILES string of the molecule is COc1cccc2c1C(CCCN)CS2. The number of ether oxygens (including phenoxy) is 1. The van der Waals surface area contributed by atoms with Crippen LogP contribution in [-0.4, -0.2) is 19.4 Å². The highest BCUT2D eigenvalue weighted by molar-refractivity contribution is 7.99. The first kappa shape index (κ1) is 10.8. The summed E-state index contributed by atoms with van der Waals surface area (Å²) in [5.41, 5.74) is 6.96. The summed E-state index contributed by atoms with van der Waals surface area (Å²) >= 11 is 1.94. The summed E-state index contributed by atoms with van der Waals surface area (Å²) in [5, 5.41) is 0. The Labute approximate surface area is 95.2 Å². The van der Waals surface area contributed by atoms with E-state index < -0.39 is 0 Å². The highest BCUT2D eigenvalue weighted by Gasteiger charge is 2.25. The van der Waals surface area contributed by atoms with Crippen molar-refractivity contribution in [2.24, 2.45) is 5.73 Å². The van der Waals surface area contributed by atoms with Gasteiger partial charge in [-0.2, -0.15) is 0 Å². The molecule has 0 spiro atoms. The molecule has 1 heterocycles. The van der Waals surface area contributed by atoms with Crippen molar-refractivity contribution < 1.29 is 4.74 Å². The van der Waals surface area contributed by atoms with Crippen LogP contribution < -0.4 is 10.5 Å². The van der Waals surface area contributed by atoms with E-state index in [9.17, 15) is 0 Å². The third-order valence-electron chi connectivity index (χ3n) is 2.85. The quantitative estimate of drug-likeness (QED) is 0.852. The molecule has 0 aromatic heterocycles. The van der Waals surface area contributed by atoms with Crippen LogP contribution in [0.25, 0.3) is 0 Å². The molecule has 0 bridgehead atoms. The molecule has 0 saturated heterocycles. The molecular weight excluding hydrogens is 206 g/mol. The summed E-state index contributed by atoms with van der Waals surface area (Å²) in [6.45, 7) is 0.783. The molecule has 0 amide bonds. The van der Waals surface area contributed by atoms with Gasteiger partial charge in [0.05, 0.1) is 7.11 Å². The Morgan fingerprint density at radius 2 is 2.40 bits per heavy atom. The zero-order valence-corrected chi connectivity index (χ0v) is 9.85. The lowest BCUT2D eigenvalue weighted by molar-refractivity contribution is 0.404. The first-order valence-electron chi connectivity index (χ1n) is 5.36. The van der Waals surface area contributed by atoms with Gasteiger partial charge in [0.1, 0.15) is 5.75 Å². The first-order valence-corrected chi connectivity index (χ1v) is 6.35. The van der Waals surface area contributed by atoms with E-state index in [1.54, 1.807) is 7.11 Å². The van der Waals surface area contributed by atoms with Gasteiger partial charge < -0.3 is 10.5 Å². The van der Waals surface area contributed by atoms with Gasteiger partial charge in [-0.1, -0.05) is 6.07 Å². The highest BCUT2D eigenvalue weighted by atomic mass is 32.2. The standard InChI is InChI=1S/C12H17NOS/c1-14-10-5-2-6-11-12(10)9(8-15-11)4-3-7-13/h2,5-6,9H,3-4,7-8,13H2,1H3. The third kappa shape index (κ3) is 2.13. The average molecular weight is 223 g/mol. The van der Waals surface area contributed by atoms with Crippen molar-refractivity contribution in [1.82, 2.24) is 0 Å². The molecule has 1 aromatic carbocycles. The fourth-order valence-electron chi connectivity index (χ4n) is 2.10. The van der Waals surface area contributed by atoms with Crippen LogP contribution >= 0.6 is 11.8 Å². The Morgan fingerprint density at radius 3 is 3.13 bits per heavy atom. The minimum absolute atomic E-state index is 0.629. The van der Waals surface area contributed by atoms with Crippen LogP contribution in [0.3, 0.4) is 0 Å². The highest BCUT2D eigenvalue weighted by Crippen LogP contribution is 2.46. The minimum atomic E-state index is 0.629. The van der Waals surface area contributed by atoms with Gasteiger partial charge in [-0.25, -0.2) is 0 Å². The number of nitrogens with two attached hydrogens (primary N) is 1. The Balaban J connectivity index is 2.23. The van der Waals surface area contributed by atoms with Crippen LogP contribution in [0.4, 0.5) is 0 Å². The van der Waals surface area contributed by atoms with E-state index in [4.69, 9.17) is 10.5 Å². The molecule has 1 aliphatic rings. The van der Waals surface area contributed by atoms with Crippen molar-refractivity contribution >= 4 is 11.8 Å².